The van der Waals surface area contributed by atoms with Crippen LogP contribution < -0.4 is 0 Å². The molecule has 1 saturated carbocycles. The van der Waals surface area contributed by atoms with Crippen LogP contribution in [0.3, 0.4) is 0 Å². The van der Waals surface area contributed by atoms with Gasteiger partial charge in [-0.2, -0.15) is 0 Å². The Morgan fingerprint density at radius 3 is 2.33 bits per heavy atom. The minimum absolute atomic E-state index is 0.118. The summed E-state index contributed by atoms with van der Waals surface area (Å²) in [4.78, 5) is 2.53. The second-order valence-corrected chi connectivity index (χ2v) is 6.81. The molecule has 0 spiro atoms. The Morgan fingerprint density at radius 2 is 1.83 bits per heavy atom. The molecule has 0 aromatic carbocycles. The molecule has 0 aromatic rings. The van der Waals surface area contributed by atoms with E-state index in [1.807, 2.05) is 0 Å². The summed E-state index contributed by atoms with van der Waals surface area (Å²) in [5.74, 6) is 0.780. The standard InChI is InChI=1S/C16H33NO/c1-6-13(7-2)12-17(8-3)14-11-16(4,5)10-9-15(14)18/h13-15,18H,6-12H2,1-5H3. The number of likely N-dealkylation sites (N-methyl/N-ethyl adjacent to an activating group) is 1. The first-order chi connectivity index (χ1) is 8.43. The van der Waals surface area contributed by atoms with Crippen molar-refractivity contribution in [2.24, 2.45) is 11.3 Å². The molecule has 0 radical (unpaired) electrons. The third kappa shape index (κ3) is 4.24. The van der Waals surface area contributed by atoms with Gasteiger partial charge < -0.3 is 5.11 Å². The van der Waals surface area contributed by atoms with Crippen molar-refractivity contribution < 1.29 is 5.11 Å². The number of hydrogen-bond acceptors (Lipinski definition) is 2. The van der Waals surface area contributed by atoms with Gasteiger partial charge in [0.25, 0.3) is 0 Å². The first-order valence-corrected chi connectivity index (χ1v) is 7.85. The lowest BCUT2D eigenvalue weighted by molar-refractivity contribution is -0.0210. The molecular weight excluding hydrogens is 222 g/mol. The predicted molar refractivity (Wildman–Crippen MR) is 78.7 cm³/mol. The molecule has 2 unspecified atom stereocenters. The summed E-state index contributed by atoms with van der Waals surface area (Å²) in [7, 11) is 0. The van der Waals surface area contributed by atoms with Gasteiger partial charge in [-0.1, -0.05) is 47.5 Å². The Bertz CT molecular complexity index is 235. The third-order valence-corrected chi connectivity index (χ3v) is 4.85. The summed E-state index contributed by atoms with van der Waals surface area (Å²) in [6, 6.07) is 0.374. The van der Waals surface area contributed by atoms with E-state index in [2.05, 4.69) is 39.5 Å². The molecule has 1 fully saturated rings. The zero-order chi connectivity index (χ0) is 13.8. The number of aliphatic hydroxyl groups is 1. The Labute approximate surface area is 114 Å². The highest BCUT2D eigenvalue weighted by atomic mass is 16.3. The predicted octanol–water partition coefficient (Wildman–Crippen LogP) is 3.68. The smallest absolute Gasteiger partial charge is 0.0695 e. The monoisotopic (exact) mass is 255 g/mol. The first-order valence-electron chi connectivity index (χ1n) is 7.85. The maximum atomic E-state index is 10.3. The van der Waals surface area contributed by atoms with E-state index in [0.29, 0.717) is 11.5 Å². The Morgan fingerprint density at radius 1 is 1.22 bits per heavy atom. The lowest BCUT2D eigenvalue weighted by Crippen LogP contribution is -2.50. The summed E-state index contributed by atoms with van der Waals surface area (Å²) in [6.45, 7) is 13.7. The van der Waals surface area contributed by atoms with Gasteiger partial charge in [0.1, 0.15) is 0 Å². The van der Waals surface area contributed by atoms with Crippen molar-refractivity contribution >= 4 is 0 Å². The van der Waals surface area contributed by atoms with Gasteiger partial charge in [-0.15, -0.1) is 0 Å². The normalized spacial score (nSPS) is 28.0. The summed E-state index contributed by atoms with van der Waals surface area (Å²) in [6.07, 6.45) is 5.65. The summed E-state index contributed by atoms with van der Waals surface area (Å²) >= 11 is 0. The van der Waals surface area contributed by atoms with Crippen molar-refractivity contribution in [1.29, 1.82) is 0 Å². The highest BCUT2D eigenvalue weighted by molar-refractivity contribution is 4.90. The third-order valence-electron chi connectivity index (χ3n) is 4.85. The van der Waals surface area contributed by atoms with Gasteiger partial charge in [-0.25, -0.2) is 0 Å². The van der Waals surface area contributed by atoms with Gasteiger partial charge in [-0.3, -0.25) is 4.90 Å². The van der Waals surface area contributed by atoms with Crippen LogP contribution in [0.5, 0.6) is 0 Å². The van der Waals surface area contributed by atoms with E-state index in [4.69, 9.17) is 0 Å². The van der Waals surface area contributed by atoms with Gasteiger partial charge in [0, 0.05) is 12.6 Å². The first kappa shape index (κ1) is 16.0. The molecule has 0 heterocycles. The van der Waals surface area contributed by atoms with Gasteiger partial charge in [-0.05, 0) is 37.1 Å². The molecule has 2 atom stereocenters. The number of rotatable bonds is 6. The average Bonchev–Trinajstić information content (AvgIpc) is 2.34. The second kappa shape index (κ2) is 6.91. The van der Waals surface area contributed by atoms with Crippen molar-refractivity contribution in [2.45, 2.75) is 78.9 Å². The highest BCUT2D eigenvalue weighted by Gasteiger charge is 2.36. The zero-order valence-electron chi connectivity index (χ0n) is 13.1. The van der Waals surface area contributed by atoms with Crippen LogP contribution in [0.2, 0.25) is 0 Å². The van der Waals surface area contributed by atoms with Crippen molar-refractivity contribution in [2.75, 3.05) is 13.1 Å². The van der Waals surface area contributed by atoms with Gasteiger partial charge in [0.2, 0.25) is 0 Å². The Hall–Kier alpha value is -0.0800. The number of hydrogen-bond donors (Lipinski definition) is 1. The molecular formula is C16H33NO. The molecule has 0 amide bonds. The minimum atomic E-state index is -0.118. The van der Waals surface area contributed by atoms with Crippen molar-refractivity contribution in [3.8, 4) is 0 Å². The van der Waals surface area contributed by atoms with E-state index < -0.39 is 0 Å². The van der Waals surface area contributed by atoms with Crippen LogP contribution in [0.1, 0.15) is 66.7 Å². The fourth-order valence-electron chi connectivity index (χ4n) is 3.29. The fourth-order valence-corrected chi connectivity index (χ4v) is 3.29. The van der Waals surface area contributed by atoms with Gasteiger partial charge >= 0.3 is 0 Å². The molecule has 0 bridgehead atoms. The van der Waals surface area contributed by atoms with Crippen LogP contribution in [-0.2, 0) is 0 Å². The topological polar surface area (TPSA) is 23.5 Å². The van der Waals surface area contributed by atoms with Crippen molar-refractivity contribution in [3.63, 3.8) is 0 Å². The molecule has 0 aliphatic heterocycles. The molecule has 18 heavy (non-hydrogen) atoms. The van der Waals surface area contributed by atoms with Crippen LogP contribution in [0, 0.1) is 11.3 Å². The van der Waals surface area contributed by atoms with Crippen LogP contribution in [-0.4, -0.2) is 35.2 Å². The SMILES string of the molecule is CCC(CC)CN(CC)C1CC(C)(C)CCC1O. The van der Waals surface area contributed by atoms with Crippen molar-refractivity contribution in [3.05, 3.63) is 0 Å². The molecule has 1 rings (SSSR count). The second-order valence-electron chi connectivity index (χ2n) is 6.81. The molecule has 2 nitrogen and oxygen atoms in total. The average molecular weight is 255 g/mol. The quantitative estimate of drug-likeness (QED) is 0.782. The summed E-state index contributed by atoms with van der Waals surface area (Å²) < 4.78 is 0. The summed E-state index contributed by atoms with van der Waals surface area (Å²) in [5, 5.41) is 10.3. The Kier molecular flexibility index (Phi) is 6.13. The maximum absolute atomic E-state index is 10.3. The Balaban J connectivity index is 2.67. The molecule has 0 saturated heterocycles. The molecule has 1 aliphatic carbocycles. The van der Waals surface area contributed by atoms with Crippen LogP contribution in [0.4, 0.5) is 0 Å². The lowest BCUT2D eigenvalue weighted by atomic mass is 9.73. The van der Waals surface area contributed by atoms with Gasteiger partial charge in [0.15, 0.2) is 0 Å². The van der Waals surface area contributed by atoms with Crippen LogP contribution >= 0.6 is 0 Å². The van der Waals surface area contributed by atoms with E-state index in [0.717, 1.165) is 38.3 Å². The number of nitrogens with zero attached hydrogens (tertiary/aromatic N) is 1. The van der Waals surface area contributed by atoms with Crippen LogP contribution in [0.25, 0.3) is 0 Å². The molecule has 0 aromatic heterocycles. The molecule has 1 aliphatic rings. The summed E-state index contributed by atoms with van der Waals surface area (Å²) in [5.41, 5.74) is 0.394. The van der Waals surface area contributed by atoms with E-state index in [-0.39, 0.29) is 6.10 Å². The van der Waals surface area contributed by atoms with E-state index in [1.54, 1.807) is 0 Å². The van der Waals surface area contributed by atoms with Crippen LogP contribution in [0.15, 0.2) is 0 Å². The van der Waals surface area contributed by atoms with E-state index in [1.165, 1.54) is 12.8 Å². The highest BCUT2D eigenvalue weighted by Crippen LogP contribution is 2.37. The molecule has 1 N–H and O–H groups in total. The molecule has 2 heteroatoms. The number of aliphatic hydroxyl groups excluding tert-OH is 1. The lowest BCUT2D eigenvalue weighted by Gasteiger charge is -2.44. The fraction of sp³-hybridized carbons (Fsp3) is 1.00. The van der Waals surface area contributed by atoms with E-state index >= 15 is 0 Å². The van der Waals surface area contributed by atoms with Gasteiger partial charge in [0.05, 0.1) is 6.10 Å². The van der Waals surface area contributed by atoms with E-state index in [9.17, 15) is 5.11 Å². The zero-order valence-corrected chi connectivity index (χ0v) is 13.1. The molecule has 108 valence electrons. The maximum Gasteiger partial charge on any atom is 0.0695 e. The largest absolute Gasteiger partial charge is 0.391 e. The van der Waals surface area contributed by atoms with Crippen molar-refractivity contribution in [1.82, 2.24) is 4.90 Å². The minimum Gasteiger partial charge on any atom is -0.391 e.